The van der Waals surface area contributed by atoms with E-state index in [1.807, 2.05) is 0 Å². The van der Waals surface area contributed by atoms with Crippen molar-refractivity contribution in [3.05, 3.63) is 11.6 Å². The van der Waals surface area contributed by atoms with Gasteiger partial charge >= 0.3 is 5.97 Å². The van der Waals surface area contributed by atoms with Crippen LogP contribution in [0.4, 0.5) is 0 Å². The number of fused-ring (bicyclic) bond motifs is 2. The highest BCUT2D eigenvalue weighted by atomic mass is 16.4. The van der Waals surface area contributed by atoms with Crippen molar-refractivity contribution in [2.75, 3.05) is 6.61 Å². The normalized spacial score (nSPS) is 48.8. The molecule has 0 aliphatic heterocycles. The van der Waals surface area contributed by atoms with Crippen LogP contribution in [-0.2, 0) is 4.79 Å². The summed E-state index contributed by atoms with van der Waals surface area (Å²) in [7, 11) is 0. The average molecular weight is 459 g/mol. The Bertz CT molecular complexity index is 831. The number of allylic oxidation sites excluding steroid dienone is 1. The lowest BCUT2D eigenvalue weighted by Gasteiger charge is -2.59. The van der Waals surface area contributed by atoms with Crippen LogP contribution in [0.25, 0.3) is 0 Å². The molecule has 5 aliphatic carbocycles. The maximum absolute atomic E-state index is 11.2. The van der Waals surface area contributed by atoms with Crippen molar-refractivity contribution in [2.24, 2.45) is 51.2 Å². The molecule has 186 valence electrons. The molecule has 9 atom stereocenters. The third-order valence-electron chi connectivity index (χ3n) is 12.5. The number of aliphatic hydroxyl groups excluding tert-OH is 2. The summed E-state index contributed by atoms with van der Waals surface area (Å²) in [5.41, 5.74) is 1.71. The second-order valence-electron chi connectivity index (χ2n) is 13.6. The molecular weight excluding hydrogens is 412 g/mol. The van der Waals surface area contributed by atoms with Gasteiger partial charge in [0.15, 0.2) is 0 Å². The lowest BCUT2D eigenvalue weighted by atomic mass is 9.46. The number of hydrogen-bond donors (Lipinski definition) is 3. The van der Waals surface area contributed by atoms with Crippen molar-refractivity contribution in [1.29, 1.82) is 0 Å². The fourth-order valence-electron chi connectivity index (χ4n) is 10.8. The SMILES string of the molecule is C[C@H](CC/C=C(/CO)C(=O)O)[C@H]1CC[C@H]2[C@@H]3CC[C@@H]4C(C)(C)[C@@H](O)CC[C@@]45C[C@@]35CC[C@]12C. The Hall–Kier alpha value is -0.870. The Balaban J connectivity index is 1.31. The Morgan fingerprint density at radius 2 is 1.73 bits per heavy atom. The number of aliphatic carboxylic acids is 1. The zero-order chi connectivity index (χ0) is 23.8. The summed E-state index contributed by atoms with van der Waals surface area (Å²) in [4.78, 5) is 11.2. The van der Waals surface area contributed by atoms with Gasteiger partial charge in [0.05, 0.1) is 18.3 Å². The third-order valence-corrected chi connectivity index (χ3v) is 12.5. The lowest BCUT2D eigenvalue weighted by molar-refractivity contribution is -0.133. The Labute approximate surface area is 200 Å². The van der Waals surface area contributed by atoms with Crippen LogP contribution in [0.3, 0.4) is 0 Å². The van der Waals surface area contributed by atoms with E-state index < -0.39 is 5.97 Å². The van der Waals surface area contributed by atoms with Gasteiger partial charge in [-0.05, 0) is 122 Å². The molecule has 0 bridgehead atoms. The number of carboxylic acid groups (broad SMARTS) is 1. The summed E-state index contributed by atoms with van der Waals surface area (Å²) < 4.78 is 0. The summed E-state index contributed by atoms with van der Waals surface area (Å²) in [5.74, 6) is 2.75. The first-order valence-electron chi connectivity index (χ1n) is 13.7. The van der Waals surface area contributed by atoms with Crippen molar-refractivity contribution in [3.8, 4) is 0 Å². The van der Waals surface area contributed by atoms with Crippen molar-refractivity contribution < 1.29 is 20.1 Å². The molecule has 0 saturated heterocycles. The number of aliphatic hydroxyl groups is 2. The van der Waals surface area contributed by atoms with Gasteiger partial charge < -0.3 is 15.3 Å². The van der Waals surface area contributed by atoms with Crippen LogP contribution in [0.1, 0.15) is 98.3 Å². The zero-order valence-electron chi connectivity index (χ0n) is 21.3. The fourth-order valence-corrected chi connectivity index (χ4v) is 10.8. The fraction of sp³-hybridized carbons (Fsp3) is 0.897. The van der Waals surface area contributed by atoms with Gasteiger partial charge in [0.2, 0.25) is 0 Å². The largest absolute Gasteiger partial charge is 0.478 e. The number of rotatable bonds is 6. The van der Waals surface area contributed by atoms with Gasteiger partial charge in [-0.15, -0.1) is 0 Å². The van der Waals surface area contributed by atoms with Crippen molar-refractivity contribution in [3.63, 3.8) is 0 Å². The summed E-state index contributed by atoms with van der Waals surface area (Å²) >= 11 is 0. The molecule has 0 aromatic carbocycles. The monoisotopic (exact) mass is 458 g/mol. The summed E-state index contributed by atoms with van der Waals surface area (Å²) in [6.45, 7) is 9.29. The van der Waals surface area contributed by atoms with E-state index in [0.29, 0.717) is 28.1 Å². The molecule has 5 aliphatic rings. The van der Waals surface area contributed by atoms with Gasteiger partial charge in [0.25, 0.3) is 0 Å². The first kappa shape index (κ1) is 23.9. The second-order valence-corrected chi connectivity index (χ2v) is 13.6. The van der Waals surface area contributed by atoms with Crippen molar-refractivity contribution in [2.45, 2.75) is 104 Å². The van der Waals surface area contributed by atoms with Gasteiger partial charge in [-0.1, -0.05) is 33.8 Å². The lowest BCUT2D eigenvalue weighted by Crippen LogP contribution is -2.54. The van der Waals surface area contributed by atoms with Gasteiger partial charge in [-0.2, -0.15) is 0 Å². The molecule has 0 radical (unpaired) electrons. The molecular formula is C29H46O4. The molecule has 0 aromatic heterocycles. The molecule has 5 fully saturated rings. The molecule has 0 aromatic rings. The molecule has 0 amide bonds. The minimum Gasteiger partial charge on any atom is -0.478 e. The van der Waals surface area contributed by atoms with Crippen LogP contribution in [0.5, 0.6) is 0 Å². The van der Waals surface area contributed by atoms with Crippen LogP contribution in [0.2, 0.25) is 0 Å². The second kappa shape index (κ2) is 7.82. The highest BCUT2D eigenvalue weighted by molar-refractivity contribution is 5.86. The molecule has 0 unspecified atom stereocenters. The van der Waals surface area contributed by atoms with E-state index >= 15 is 0 Å². The van der Waals surface area contributed by atoms with E-state index in [0.717, 1.165) is 37.0 Å². The Kier molecular flexibility index (Phi) is 5.65. The molecule has 4 heteroatoms. The third kappa shape index (κ3) is 3.18. The maximum atomic E-state index is 11.2. The van der Waals surface area contributed by atoms with E-state index in [4.69, 9.17) is 0 Å². The molecule has 0 heterocycles. The smallest absolute Gasteiger partial charge is 0.333 e. The van der Waals surface area contributed by atoms with Crippen LogP contribution in [0.15, 0.2) is 11.6 Å². The number of hydrogen-bond acceptors (Lipinski definition) is 3. The topological polar surface area (TPSA) is 77.8 Å². The predicted octanol–water partition coefficient (Wildman–Crippen LogP) is 5.82. The molecule has 33 heavy (non-hydrogen) atoms. The van der Waals surface area contributed by atoms with Gasteiger partial charge in [-0.3, -0.25) is 0 Å². The van der Waals surface area contributed by atoms with Crippen molar-refractivity contribution >= 4 is 5.97 Å². The van der Waals surface area contributed by atoms with Crippen molar-refractivity contribution in [1.82, 2.24) is 0 Å². The molecule has 4 nitrogen and oxygen atoms in total. The summed E-state index contributed by atoms with van der Waals surface area (Å²) in [5, 5.41) is 29.2. The molecule has 5 rings (SSSR count). The first-order chi connectivity index (χ1) is 15.5. The van der Waals surface area contributed by atoms with E-state index in [1.54, 1.807) is 6.08 Å². The minimum absolute atomic E-state index is 0.0666. The summed E-state index contributed by atoms with van der Waals surface area (Å²) in [6.07, 6.45) is 15.2. The van der Waals surface area contributed by atoms with E-state index in [1.165, 1.54) is 51.4 Å². The molecule has 5 saturated carbocycles. The predicted molar refractivity (Wildman–Crippen MR) is 129 cm³/mol. The van der Waals surface area contributed by atoms with E-state index in [2.05, 4.69) is 27.7 Å². The zero-order valence-corrected chi connectivity index (χ0v) is 21.3. The maximum Gasteiger partial charge on any atom is 0.333 e. The van der Waals surface area contributed by atoms with E-state index in [9.17, 15) is 20.1 Å². The molecule has 2 spiro atoms. The van der Waals surface area contributed by atoms with Crippen LogP contribution < -0.4 is 0 Å². The average Bonchev–Trinajstić information content (AvgIpc) is 3.30. The number of carbonyl (C=O) groups is 1. The Morgan fingerprint density at radius 3 is 2.42 bits per heavy atom. The first-order valence-corrected chi connectivity index (χ1v) is 13.7. The quantitative estimate of drug-likeness (QED) is 0.439. The molecule has 3 N–H and O–H groups in total. The minimum atomic E-state index is -0.997. The van der Waals surface area contributed by atoms with Gasteiger partial charge in [-0.25, -0.2) is 4.79 Å². The Morgan fingerprint density at radius 1 is 1.00 bits per heavy atom. The highest BCUT2D eigenvalue weighted by Gasteiger charge is 2.80. The standard InChI is InChI=1S/C29H46O4/c1-18(6-5-7-19(16-30)25(32)33)20-8-9-21-22-10-11-23-26(2,3)24(31)12-13-29(23)17-28(22,29)15-14-27(20,21)4/h7,18,20-24,30-31H,5-6,8-17H2,1-4H3,(H,32,33)/b19-7-/t18-,20-,21+,22+,23-,24+,27-,28+,29-/m1/s1. The van der Waals surface area contributed by atoms with Crippen LogP contribution >= 0.6 is 0 Å². The van der Waals surface area contributed by atoms with E-state index in [-0.39, 0.29) is 23.7 Å². The van der Waals surface area contributed by atoms with Crippen LogP contribution in [0, 0.1) is 51.2 Å². The summed E-state index contributed by atoms with van der Waals surface area (Å²) in [6, 6.07) is 0. The van der Waals surface area contributed by atoms with Gasteiger partial charge in [0.1, 0.15) is 0 Å². The van der Waals surface area contributed by atoms with Crippen LogP contribution in [-0.4, -0.2) is 34.0 Å². The number of carboxylic acids is 1. The van der Waals surface area contributed by atoms with Gasteiger partial charge in [0, 0.05) is 0 Å². The highest BCUT2D eigenvalue weighted by Crippen LogP contribution is 2.87.